The van der Waals surface area contributed by atoms with Gasteiger partial charge >= 0.3 is 12.1 Å². The molecule has 2 saturated heterocycles. The maximum absolute atomic E-state index is 10.6. The second-order valence-electron chi connectivity index (χ2n) is 7.35. The van der Waals surface area contributed by atoms with Crippen molar-refractivity contribution in [1.29, 1.82) is 0 Å². The van der Waals surface area contributed by atoms with Crippen LogP contribution in [0, 0.1) is 5.92 Å². The maximum atomic E-state index is 10.6. The van der Waals surface area contributed by atoms with E-state index in [1.165, 1.54) is 5.56 Å². The summed E-state index contributed by atoms with van der Waals surface area (Å²) < 4.78 is 45.5. The molecule has 4 rings (SSSR count). The Bertz CT molecular complexity index is 838. The third-order valence-corrected chi connectivity index (χ3v) is 5.06. The summed E-state index contributed by atoms with van der Waals surface area (Å²) in [5.41, 5.74) is 1.22. The smallest absolute Gasteiger partial charge is 0.477 e. The second-order valence-corrected chi connectivity index (χ2v) is 7.35. The van der Waals surface area contributed by atoms with Gasteiger partial charge in [0.1, 0.15) is 0 Å². The van der Waals surface area contributed by atoms with Gasteiger partial charge in [-0.05, 0) is 12.5 Å². The molecule has 1 unspecified atom stereocenters. The zero-order chi connectivity index (χ0) is 21.8. The number of carboxylic acids is 1. The molecule has 2 aliphatic rings. The van der Waals surface area contributed by atoms with Crippen molar-refractivity contribution in [2.24, 2.45) is 13.0 Å². The number of aliphatic carboxylic acids is 1. The van der Waals surface area contributed by atoms with E-state index in [-0.39, 0.29) is 5.60 Å². The summed E-state index contributed by atoms with van der Waals surface area (Å²) in [5, 5.41) is 11.4. The van der Waals surface area contributed by atoms with E-state index in [0.29, 0.717) is 18.4 Å². The zero-order valence-corrected chi connectivity index (χ0v) is 16.4. The van der Waals surface area contributed by atoms with Crippen LogP contribution in [-0.2, 0) is 23.1 Å². The fourth-order valence-electron chi connectivity index (χ4n) is 3.62. The first-order chi connectivity index (χ1) is 14.2. The lowest BCUT2D eigenvalue weighted by Gasteiger charge is -2.50. The van der Waals surface area contributed by atoms with Crippen LogP contribution in [0.25, 0.3) is 0 Å². The third kappa shape index (κ3) is 5.48. The van der Waals surface area contributed by atoms with Crippen LogP contribution >= 0.6 is 0 Å². The summed E-state index contributed by atoms with van der Waals surface area (Å²) in [6, 6.07) is 5.75. The van der Waals surface area contributed by atoms with Gasteiger partial charge in [0.25, 0.3) is 0 Å². The monoisotopic (exact) mass is 428 g/mol. The predicted molar refractivity (Wildman–Crippen MR) is 98.7 cm³/mol. The number of halogens is 3. The predicted octanol–water partition coefficient (Wildman–Crippen LogP) is 2.12. The van der Waals surface area contributed by atoms with Crippen LogP contribution in [0.2, 0.25) is 0 Å². The van der Waals surface area contributed by atoms with Crippen molar-refractivity contribution in [3.8, 4) is 5.88 Å². The highest BCUT2D eigenvalue weighted by atomic mass is 19.4. The first-order valence-corrected chi connectivity index (χ1v) is 9.36. The molecule has 0 aliphatic carbocycles. The van der Waals surface area contributed by atoms with Crippen LogP contribution in [0.4, 0.5) is 13.2 Å². The minimum atomic E-state index is -5.08. The molecule has 4 heterocycles. The summed E-state index contributed by atoms with van der Waals surface area (Å²) in [5.74, 6) is -1.62. The molecule has 2 aliphatic heterocycles. The van der Waals surface area contributed by atoms with E-state index < -0.39 is 12.1 Å². The number of carbonyl (C=O) groups is 1. The molecule has 11 heteroatoms. The first kappa shape index (κ1) is 22.0. The van der Waals surface area contributed by atoms with E-state index in [1.54, 1.807) is 6.20 Å². The molecule has 30 heavy (non-hydrogen) atoms. The summed E-state index contributed by atoms with van der Waals surface area (Å²) in [4.78, 5) is 15.5. The second kappa shape index (κ2) is 9.00. The molecule has 1 spiro atoms. The van der Waals surface area contributed by atoms with E-state index in [4.69, 9.17) is 19.4 Å². The summed E-state index contributed by atoms with van der Waals surface area (Å²) >= 11 is 0. The van der Waals surface area contributed by atoms with Crippen molar-refractivity contribution in [3.05, 3.63) is 42.4 Å². The number of rotatable bonds is 5. The van der Waals surface area contributed by atoms with E-state index in [2.05, 4.69) is 21.2 Å². The zero-order valence-electron chi connectivity index (χ0n) is 16.4. The van der Waals surface area contributed by atoms with Gasteiger partial charge in [-0.25, -0.2) is 9.78 Å². The lowest BCUT2D eigenvalue weighted by molar-refractivity contribution is -0.192. The average molecular weight is 428 g/mol. The SMILES string of the molecule is Cn1cc(CN2CC3(C2)OCCC3COc2ccccn2)cn1.O=C(O)C(F)(F)F. The molecule has 0 bridgehead atoms. The molecular formula is C19H23F3N4O4. The Balaban J connectivity index is 0.000000318. The molecular weight excluding hydrogens is 405 g/mol. The van der Waals surface area contributed by atoms with Gasteiger partial charge in [-0.15, -0.1) is 0 Å². The molecule has 0 amide bonds. The Morgan fingerprint density at radius 2 is 2.13 bits per heavy atom. The molecule has 2 aromatic heterocycles. The summed E-state index contributed by atoms with van der Waals surface area (Å²) in [6.07, 6.45) is 1.74. The van der Waals surface area contributed by atoms with Gasteiger partial charge in [-0.1, -0.05) is 6.07 Å². The van der Waals surface area contributed by atoms with E-state index in [0.717, 1.165) is 32.7 Å². The number of aromatic nitrogens is 3. The van der Waals surface area contributed by atoms with Crippen LogP contribution < -0.4 is 4.74 Å². The Morgan fingerprint density at radius 1 is 1.40 bits per heavy atom. The topological polar surface area (TPSA) is 89.7 Å². The van der Waals surface area contributed by atoms with Crippen LogP contribution in [0.1, 0.15) is 12.0 Å². The quantitative estimate of drug-likeness (QED) is 0.780. The van der Waals surface area contributed by atoms with Gasteiger partial charge < -0.3 is 14.6 Å². The minimum Gasteiger partial charge on any atom is -0.477 e. The lowest BCUT2D eigenvalue weighted by Crippen LogP contribution is -2.64. The number of hydrogen-bond acceptors (Lipinski definition) is 6. The number of nitrogens with zero attached hydrogens (tertiary/aromatic N) is 4. The number of pyridine rings is 1. The number of aryl methyl sites for hydroxylation is 1. The Morgan fingerprint density at radius 3 is 2.70 bits per heavy atom. The van der Waals surface area contributed by atoms with Gasteiger partial charge in [-0.2, -0.15) is 18.3 Å². The van der Waals surface area contributed by atoms with Gasteiger partial charge in [0, 0.05) is 63.2 Å². The molecule has 0 aromatic carbocycles. The van der Waals surface area contributed by atoms with Crippen LogP contribution in [-0.4, -0.2) is 68.8 Å². The van der Waals surface area contributed by atoms with E-state index >= 15 is 0 Å². The number of alkyl halides is 3. The molecule has 2 aromatic rings. The normalized spacial score (nSPS) is 20.3. The standard InChI is InChI=1S/C17H22N4O2.C2HF3O2/c1-20-9-14(8-19-20)10-21-12-17(13-21)15(5-7-23-17)11-22-16-4-2-3-6-18-16;3-2(4,5)1(6)7/h2-4,6,8-9,15H,5,7,10-13H2,1H3;(H,6,7). The third-order valence-electron chi connectivity index (χ3n) is 5.06. The molecule has 1 atom stereocenters. The minimum absolute atomic E-state index is 0.0308. The van der Waals surface area contributed by atoms with Crippen molar-refractivity contribution in [1.82, 2.24) is 19.7 Å². The average Bonchev–Trinajstić information content (AvgIpc) is 3.27. The Kier molecular flexibility index (Phi) is 6.61. The maximum Gasteiger partial charge on any atom is 0.490 e. The van der Waals surface area contributed by atoms with Crippen molar-refractivity contribution < 1.29 is 32.5 Å². The van der Waals surface area contributed by atoms with Crippen LogP contribution in [0.15, 0.2) is 36.8 Å². The number of likely N-dealkylation sites (tertiary alicyclic amines) is 1. The molecule has 8 nitrogen and oxygen atoms in total. The lowest BCUT2D eigenvalue weighted by atomic mass is 9.81. The molecule has 164 valence electrons. The molecule has 1 N–H and O–H groups in total. The molecule has 0 radical (unpaired) electrons. The van der Waals surface area contributed by atoms with Crippen molar-refractivity contribution in [3.63, 3.8) is 0 Å². The van der Waals surface area contributed by atoms with Crippen LogP contribution in [0.5, 0.6) is 5.88 Å². The van der Waals surface area contributed by atoms with Crippen molar-refractivity contribution in [2.75, 3.05) is 26.3 Å². The van der Waals surface area contributed by atoms with Gasteiger partial charge in [0.15, 0.2) is 0 Å². The van der Waals surface area contributed by atoms with E-state index in [1.807, 2.05) is 36.1 Å². The van der Waals surface area contributed by atoms with Crippen molar-refractivity contribution >= 4 is 5.97 Å². The molecule has 2 fully saturated rings. The highest BCUT2D eigenvalue weighted by Crippen LogP contribution is 2.40. The Hall–Kier alpha value is -2.66. The van der Waals surface area contributed by atoms with Gasteiger partial charge in [0.2, 0.25) is 5.88 Å². The van der Waals surface area contributed by atoms with Gasteiger partial charge in [-0.3, -0.25) is 9.58 Å². The number of ether oxygens (including phenoxy) is 2. The van der Waals surface area contributed by atoms with Crippen molar-refractivity contribution in [2.45, 2.75) is 24.7 Å². The fourth-order valence-corrected chi connectivity index (χ4v) is 3.62. The first-order valence-electron chi connectivity index (χ1n) is 9.36. The number of carboxylic acid groups (broad SMARTS) is 1. The molecule has 0 saturated carbocycles. The number of hydrogen-bond donors (Lipinski definition) is 1. The van der Waals surface area contributed by atoms with E-state index in [9.17, 15) is 13.2 Å². The highest BCUT2D eigenvalue weighted by Gasteiger charge is 2.53. The summed E-state index contributed by atoms with van der Waals surface area (Å²) in [6.45, 7) is 4.39. The Labute approximate surface area is 171 Å². The fraction of sp³-hybridized carbons (Fsp3) is 0.526. The van der Waals surface area contributed by atoms with Crippen LogP contribution in [0.3, 0.4) is 0 Å². The highest BCUT2D eigenvalue weighted by molar-refractivity contribution is 5.73. The van der Waals surface area contributed by atoms with Gasteiger partial charge in [0.05, 0.1) is 18.4 Å². The largest absolute Gasteiger partial charge is 0.490 e. The summed E-state index contributed by atoms with van der Waals surface area (Å²) in [7, 11) is 1.95.